The van der Waals surface area contributed by atoms with E-state index in [2.05, 4.69) is 14.9 Å². The van der Waals surface area contributed by atoms with Crippen molar-refractivity contribution in [1.82, 2.24) is 9.97 Å². The Morgan fingerprint density at radius 1 is 1.27 bits per heavy atom. The Kier molecular flexibility index (Phi) is 2.89. The topological polar surface area (TPSA) is 75.0 Å². The molecule has 2 rings (SSSR count). The van der Waals surface area contributed by atoms with Gasteiger partial charge >= 0.3 is 0 Å². The highest BCUT2D eigenvalue weighted by molar-refractivity contribution is 5.40. The highest BCUT2D eigenvalue weighted by Gasteiger charge is 2.11. The smallest absolute Gasteiger partial charge is 0.254 e. The van der Waals surface area contributed by atoms with Gasteiger partial charge in [-0.3, -0.25) is 9.78 Å². The molecule has 1 aliphatic heterocycles. The Morgan fingerprint density at radius 3 is 2.53 bits per heavy atom. The van der Waals surface area contributed by atoms with Crippen molar-refractivity contribution in [3.63, 3.8) is 0 Å². The number of aromatic amines is 1. The summed E-state index contributed by atoms with van der Waals surface area (Å²) in [4.78, 5) is 20.0. The lowest BCUT2D eigenvalue weighted by molar-refractivity contribution is 0.726. The zero-order valence-corrected chi connectivity index (χ0v) is 8.70. The van der Waals surface area contributed by atoms with Gasteiger partial charge in [0.1, 0.15) is 5.82 Å². The molecule has 0 saturated carbocycles. The molecule has 0 atom stereocenters. The lowest BCUT2D eigenvalue weighted by Crippen LogP contribution is -2.27. The maximum atomic E-state index is 11.2. The second-order valence-electron chi connectivity index (χ2n) is 3.89. The highest BCUT2D eigenvalue weighted by Crippen LogP contribution is 2.15. The van der Waals surface area contributed by atoms with Gasteiger partial charge in [-0.1, -0.05) is 12.8 Å². The number of rotatable bonds is 1. The van der Waals surface area contributed by atoms with Gasteiger partial charge < -0.3 is 10.6 Å². The number of nitrogens with two attached hydrogens (primary N) is 1. The number of nitrogen functional groups attached to an aromatic ring is 1. The Bertz CT molecular complexity index is 379. The first-order chi connectivity index (χ1) is 7.25. The highest BCUT2D eigenvalue weighted by atomic mass is 16.1. The third-order valence-corrected chi connectivity index (χ3v) is 2.68. The maximum Gasteiger partial charge on any atom is 0.254 e. The van der Waals surface area contributed by atoms with Crippen LogP contribution in [0.5, 0.6) is 0 Å². The molecule has 1 aromatic heterocycles. The summed E-state index contributed by atoms with van der Waals surface area (Å²) in [7, 11) is 0. The van der Waals surface area contributed by atoms with Gasteiger partial charge in [-0.05, 0) is 12.8 Å². The average molecular weight is 208 g/mol. The van der Waals surface area contributed by atoms with Gasteiger partial charge in [0.25, 0.3) is 5.56 Å². The van der Waals surface area contributed by atoms with Crippen LogP contribution < -0.4 is 16.2 Å². The minimum absolute atomic E-state index is 0.179. The summed E-state index contributed by atoms with van der Waals surface area (Å²) >= 11 is 0. The van der Waals surface area contributed by atoms with Crippen molar-refractivity contribution in [3.8, 4) is 0 Å². The molecule has 0 aliphatic carbocycles. The van der Waals surface area contributed by atoms with Crippen LogP contribution in [-0.2, 0) is 0 Å². The number of hydrogen-bond acceptors (Lipinski definition) is 4. The second kappa shape index (κ2) is 4.33. The number of nitrogens with one attached hydrogen (secondary N) is 1. The number of hydrogen-bond donors (Lipinski definition) is 2. The first kappa shape index (κ1) is 10.0. The van der Waals surface area contributed by atoms with E-state index in [-0.39, 0.29) is 11.5 Å². The molecule has 82 valence electrons. The molecule has 1 saturated heterocycles. The summed E-state index contributed by atoms with van der Waals surface area (Å²) in [6.07, 6.45) is 4.84. The third kappa shape index (κ3) is 2.49. The SMILES string of the molecule is Nc1nc(N2CCCCCC2)cc(=O)[nH]1. The third-order valence-electron chi connectivity index (χ3n) is 2.68. The lowest BCUT2D eigenvalue weighted by atomic mass is 10.2. The van der Waals surface area contributed by atoms with Crippen molar-refractivity contribution in [3.05, 3.63) is 16.4 Å². The van der Waals surface area contributed by atoms with E-state index in [4.69, 9.17) is 5.73 Å². The van der Waals surface area contributed by atoms with Crippen LogP contribution in [0.2, 0.25) is 0 Å². The predicted molar refractivity (Wildman–Crippen MR) is 60.0 cm³/mol. The number of nitrogens with zero attached hydrogens (tertiary/aromatic N) is 2. The molecule has 5 heteroatoms. The van der Waals surface area contributed by atoms with Crippen LogP contribution in [-0.4, -0.2) is 23.1 Å². The van der Waals surface area contributed by atoms with E-state index in [9.17, 15) is 4.79 Å². The molecule has 0 radical (unpaired) electrons. The molecule has 5 nitrogen and oxygen atoms in total. The van der Waals surface area contributed by atoms with Gasteiger partial charge in [-0.25, -0.2) is 0 Å². The summed E-state index contributed by atoms with van der Waals surface area (Å²) in [6.45, 7) is 1.94. The standard InChI is InChI=1S/C10H16N4O/c11-10-12-8(7-9(15)13-10)14-5-3-1-2-4-6-14/h7H,1-6H2,(H3,11,12,13,15). The van der Waals surface area contributed by atoms with Crippen LogP contribution in [0.3, 0.4) is 0 Å². The van der Waals surface area contributed by atoms with Crippen molar-refractivity contribution in [2.45, 2.75) is 25.7 Å². The van der Waals surface area contributed by atoms with Crippen molar-refractivity contribution in [1.29, 1.82) is 0 Å². The van der Waals surface area contributed by atoms with Gasteiger partial charge in [0.2, 0.25) is 5.95 Å². The maximum absolute atomic E-state index is 11.2. The Balaban J connectivity index is 2.23. The molecule has 1 aromatic rings. The molecular formula is C10H16N4O. The quantitative estimate of drug-likeness (QED) is 0.713. The van der Waals surface area contributed by atoms with E-state index < -0.39 is 0 Å². The lowest BCUT2D eigenvalue weighted by Gasteiger charge is -2.20. The second-order valence-corrected chi connectivity index (χ2v) is 3.89. The fraction of sp³-hybridized carbons (Fsp3) is 0.600. The molecule has 0 spiro atoms. The zero-order chi connectivity index (χ0) is 10.7. The molecular weight excluding hydrogens is 192 g/mol. The number of anilines is 2. The Labute approximate surface area is 88.3 Å². The van der Waals surface area contributed by atoms with E-state index in [1.165, 1.54) is 18.9 Å². The fourth-order valence-electron chi connectivity index (χ4n) is 1.92. The number of aromatic nitrogens is 2. The summed E-state index contributed by atoms with van der Waals surface area (Å²) < 4.78 is 0. The van der Waals surface area contributed by atoms with Crippen LogP contribution in [0.4, 0.5) is 11.8 Å². The molecule has 1 fully saturated rings. The van der Waals surface area contributed by atoms with Gasteiger partial charge in [-0.2, -0.15) is 4.98 Å². The predicted octanol–water partition coefficient (Wildman–Crippen LogP) is 0.732. The van der Waals surface area contributed by atoms with Crippen LogP contribution >= 0.6 is 0 Å². The van der Waals surface area contributed by atoms with Crippen LogP contribution in [0, 0.1) is 0 Å². The van der Waals surface area contributed by atoms with Gasteiger partial charge in [0.05, 0.1) is 0 Å². The monoisotopic (exact) mass is 208 g/mol. The summed E-state index contributed by atoms with van der Waals surface area (Å²) in [5, 5.41) is 0. The number of H-pyrrole nitrogens is 1. The van der Waals surface area contributed by atoms with Crippen LogP contribution in [0.25, 0.3) is 0 Å². The van der Waals surface area contributed by atoms with Crippen LogP contribution in [0.15, 0.2) is 10.9 Å². The van der Waals surface area contributed by atoms with E-state index in [1.54, 1.807) is 0 Å². The molecule has 15 heavy (non-hydrogen) atoms. The zero-order valence-electron chi connectivity index (χ0n) is 8.70. The van der Waals surface area contributed by atoms with Gasteiger partial charge in [-0.15, -0.1) is 0 Å². The molecule has 1 aliphatic rings. The Morgan fingerprint density at radius 2 is 1.93 bits per heavy atom. The molecule has 2 heterocycles. The van der Waals surface area contributed by atoms with E-state index in [0.29, 0.717) is 5.82 Å². The minimum Gasteiger partial charge on any atom is -0.369 e. The van der Waals surface area contributed by atoms with Crippen molar-refractivity contribution in [2.24, 2.45) is 0 Å². The molecule has 0 bridgehead atoms. The summed E-state index contributed by atoms with van der Waals surface area (Å²) in [5.74, 6) is 0.903. The Hall–Kier alpha value is -1.52. The van der Waals surface area contributed by atoms with Crippen molar-refractivity contribution >= 4 is 11.8 Å². The minimum atomic E-state index is -0.179. The molecule has 0 unspecified atom stereocenters. The molecule has 3 N–H and O–H groups in total. The van der Waals surface area contributed by atoms with Crippen molar-refractivity contribution < 1.29 is 0 Å². The van der Waals surface area contributed by atoms with E-state index >= 15 is 0 Å². The van der Waals surface area contributed by atoms with Crippen molar-refractivity contribution in [2.75, 3.05) is 23.7 Å². The first-order valence-corrected chi connectivity index (χ1v) is 5.37. The average Bonchev–Trinajstić information content (AvgIpc) is 2.43. The molecule has 0 aromatic carbocycles. The largest absolute Gasteiger partial charge is 0.369 e. The summed E-state index contributed by atoms with van der Waals surface area (Å²) in [6, 6.07) is 1.52. The summed E-state index contributed by atoms with van der Waals surface area (Å²) in [5.41, 5.74) is 5.33. The van der Waals surface area contributed by atoms with E-state index in [1.807, 2.05) is 0 Å². The van der Waals surface area contributed by atoms with Gasteiger partial charge in [0, 0.05) is 19.2 Å². The first-order valence-electron chi connectivity index (χ1n) is 5.37. The van der Waals surface area contributed by atoms with Crippen LogP contribution in [0.1, 0.15) is 25.7 Å². The fourth-order valence-corrected chi connectivity index (χ4v) is 1.92. The van der Waals surface area contributed by atoms with E-state index in [0.717, 1.165) is 25.9 Å². The normalized spacial score (nSPS) is 17.5. The van der Waals surface area contributed by atoms with Gasteiger partial charge in [0.15, 0.2) is 0 Å². The molecule has 0 amide bonds.